The van der Waals surface area contributed by atoms with E-state index in [0.717, 1.165) is 5.56 Å². The van der Waals surface area contributed by atoms with Crippen LogP contribution in [0.25, 0.3) is 0 Å². The maximum atomic E-state index is 12.2. The smallest absolute Gasteiger partial charge is 0.158 e. The predicted octanol–water partition coefficient (Wildman–Crippen LogP) is 2.68. The van der Waals surface area contributed by atoms with Crippen molar-refractivity contribution in [3.8, 4) is 11.8 Å². The molecule has 0 radical (unpaired) electrons. The number of benzene rings is 2. The highest BCUT2D eigenvalue weighted by Crippen LogP contribution is 2.21. The van der Waals surface area contributed by atoms with E-state index in [0.29, 0.717) is 16.9 Å². The zero-order valence-corrected chi connectivity index (χ0v) is 12.4. The Morgan fingerprint density at radius 3 is 2.33 bits per heavy atom. The van der Waals surface area contributed by atoms with Crippen LogP contribution in [0, 0.1) is 11.3 Å². The van der Waals surface area contributed by atoms with E-state index in [2.05, 4.69) is 0 Å². The molecule has 0 aliphatic heterocycles. The summed E-state index contributed by atoms with van der Waals surface area (Å²) in [5.74, 6) is 0.310. The molecule has 0 fully saturated rings. The van der Waals surface area contributed by atoms with Crippen LogP contribution in [0.3, 0.4) is 0 Å². The number of nitrogens with zero attached hydrogens (tertiary/aromatic N) is 1. The first-order valence-corrected chi connectivity index (χ1v) is 8.17. The van der Waals surface area contributed by atoms with Crippen molar-refractivity contribution in [2.24, 2.45) is 0 Å². The SMILES string of the molecule is COc1cc(CS(=O)(=O)Cc2ccccc2)ccc1C#N. The van der Waals surface area contributed by atoms with Crippen LogP contribution in [-0.2, 0) is 21.3 Å². The van der Waals surface area contributed by atoms with Crippen molar-refractivity contribution >= 4 is 9.84 Å². The van der Waals surface area contributed by atoms with Crippen molar-refractivity contribution in [2.75, 3.05) is 7.11 Å². The van der Waals surface area contributed by atoms with Crippen molar-refractivity contribution in [1.82, 2.24) is 0 Å². The Morgan fingerprint density at radius 2 is 1.71 bits per heavy atom. The Morgan fingerprint density at radius 1 is 1.05 bits per heavy atom. The summed E-state index contributed by atoms with van der Waals surface area (Å²) in [7, 11) is -1.81. The number of hydrogen-bond donors (Lipinski definition) is 0. The van der Waals surface area contributed by atoms with Crippen molar-refractivity contribution in [3.05, 3.63) is 65.2 Å². The fourth-order valence-electron chi connectivity index (χ4n) is 2.05. The highest BCUT2D eigenvalue weighted by atomic mass is 32.2. The zero-order valence-electron chi connectivity index (χ0n) is 11.6. The molecule has 0 amide bonds. The second kappa shape index (κ2) is 6.42. The van der Waals surface area contributed by atoms with Gasteiger partial charge < -0.3 is 4.74 Å². The predicted molar refractivity (Wildman–Crippen MR) is 80.5 cm³/mol. The van der Waals surface area contributed by atoms with Crippen LogP contribution in [0.1, 0.15) is 16.7 Å². The summed E-state index contributed by atoms with van der Waals surface area (Å²) in [6.45, 7) is 0. The summed E-state index contributed by atoms with van der Waals surface area (Å²) in [5, 5.41) is 8.92. The van der Waals surface area contributed by atoms with Crippen LogP contribution < -0.4 is 4.74 Å². The Bertz CT molecular complexity index is 762. The van der Waals surface area contributed by atoms with Crippen LogP contribution in [0.15, 0.2) is 48.5 Å². The van der Waals surface area contributed by atoms with Gasteiger partial charge in [-0.05, 0) is 23.3 Å². The lowest BCUT2D eigenvalue weighted by Gasteiger charge is -2.08. The third-order valence-electron chi connectivity index (χ3n) is 3.00. The number of nitriles is 1. The van der Waals surface area contributed by atoms with Crippen LogP contribution in [-0.4, -0.2) is 15.5 Å². The van der Waals surface area contributed by atoms with Crippen LogP contribution in [0.2, 0.25) is 0 Å². The average molecular weight is 301 g/mol. The summed E-state index contributed by atoms with van der Waals surface area (Å²) >= 11 is 0. The third kappa shape index (κ3) is 4.07. The van der Waals surface area contributed by atoms with Crippen molar-refractivity contribution < 1.29 is 13.2 Å². The molecular weight excluding hydrogens is 286 g/mol. The average Bonchev–Trinajstić information content (AvgIpc) is 2.47. The topological polar surface area (TPSA) is 67.2 Å². The van der Waals surface area contributed by atoms with Gasteiger partial charge in [-0.3, -0.25) is 0 Å². The lowest BCUT2D eigenvalue weighted by Crippen LogP contribution is -2.08. The number of ether oxygens (including phenoxy) is 1. The maximum Gasteiger partial charge on any atom is 0.158 e. The van der Waals surface area contributed by atoms with E-state index < -0.39 is 9.84 Å². The van der Waals surface area contributed by atoms with Gasteiger partial charge in [0.1, 0.15) is 11.8 Å². The molecule has 2 rings (SSSR count). The second-order valence-electron chi connectivity index (χ2n) is 4.66. The molecule has 2 aromatic rings. The highest BCUT2D eigenvalue weighted by molar-refractivity contribution is 7.89. The Labute approximate surface area is 124 Å². The molecule has 2 aromatic carbocycles. The first kappa shape index (κ1) is 15.1. The fourth-order valence-corrected chi connectivity index (χ4v) is 3.54. The van der Waals surface area contributed by atoms with E-state index in [1.807, 2.05) is 24.3 Å². The summed E-state index contributed by atoms with van der Waals surface area (Å²) in [4.78, 5) is 0. The minimum absolute atomic E-state index is 0.00381. The van der Waals surface area contributed by atoms with Crippen molar-refractivity contribution in [2.45, 2.75) is 11.5 Å². The van der Waals surface area contributed by atoms with Gasteiger partial charge in [-0.2, -0.15) is 5.26 Å². The minimum Gasteiger partial charge on any atom is -0.495 e. The normalized spacial score (nSPS) is 10.9. The molecule has 21 heavy (non-hydrogen) atoms. The largest absolute Gasteiger partial charge is 0.495 e. The molecular formula is C16H15NO3S. The van der Waals surface area contributed by atoms with E-state index in [-0.39, 0.29) is 11.5 Å². The van der Waals surface area contributed by atoms with E-state index in [1.54, 1.807) is 30.3 Å². The van der Waals surface area contributed by atoms with E-state index >= 15 is 0 Å². The van der Waals surface area contributed by atoms with E-state index in [1.165, 1.54) is 7.11 Å². The van der Waals surface area contributed by atoms with Crippen LogP contribution in [0.5, 0.6) is 5.75 Å². The lowest BCUT2D eigenvalue weighted by atomic mass is 10.1. The van der Waals surface area contributed by atoms with Gasteiger partial charge >= 0.3 is 0 Å². The lowest BCUT2D eigenvalue weighted by molar-refractivity contribution is 0.413. The molecule has 108 valence electrons. The van der Waals surface area contributed by atoms with E-state index in [4.69, 9.17) is 10.00 Å². The van der Waals surface area contributed by atoms with Gasteiger partial charge in [-0.1, -0.05) is 36.4 Å². The Kier molecular flexibility index (Phi) is 4.61. The quantitative estimate of drug-likeness (QED) is 0.851. The van der Waals surface area contributed by atoms with E-state index in [9.17, 15) is 8.42 Å². The summed E-state index contributed by atoms with van der Waals surface area (Å²) < 4.78 is 29.5. The molecule has 0 aliphatic rings. The molecule has 0 unspecified atom stereocenters. The molecule has 5 heteroatoms. The number of rotatable bonds is 5. The molecule has 0 aromatic heterocycles. The highest BCUT2D eigenvalue weighted by Gasteiger charge is 2.14. The number of sulfone groups is 1. The van der Waals surface area contributed by atoms with Gasteiger partial charge in [-0.15, -0.1) is 0 Å². The maximum absolute atomic E-state index is 12.2. The van der Waals surface area contributed by atoms with Gasteiger partial charge in [0.25, 0.3) is 0 Å². The van der Waals surface area contributed by atoms with Crippen LogP contribution in [0.4, 0.5) is 0 Å². The van der Waals surface area contributed by atoms with Crippen molar-refractivity contribution in [1.29, 1.82) is 5.26 Å². The summed E-state index contributed by atoms with van der Waals surface area (Å²) in [6, 6.07) is 15.9. The third-order valence-corrected chi connectivity index (χ3v) is 4.55. The van der Waals surface area contributed by atoms with Crippen LogP contribution >= 0.6 is 0 Å². The Balaban J connectivity index is 2.19. The first-order chi connectivity index (χ1) is 10.0. The van der Waals surface area contributed by atoms with Crippen molar-refractivity contribution in [3.63, 3.8) is 0 Å². The molecule has 0 saturated heterocycles. The van der Waals surface area contributed by atoms with Gasteiger partial charge in [0.05, 0.1) is 24.2 Å². The molecule has 0 heterocycles. The van der Waals surface area contributed by atoms with Gasteiger partial charge in [-0.25, -0.2) is 8.42 Å². The van der Waals surface area contributed by atoms with Gasteiger partial charge in [0, 0.05) is 0 Å². The number of hydrogen-bond acceptors (Lipinski definition) is 4. The second-order valence-corrected chi connectivity index (χ2v) is 6.73. The fraction of sp³-hybridized carbons (Fsp3) is 0.188. The number of methoxy groups -OCH3 is 1. The molecule has 0 N–H and O–H groups in total. The molecule has 0 atom stereocenters. The standard InChI is InChI=1S/C16H15NO3S/c1-20-16-9-14(7-8-15(16)10-17)12-21(18,19)11-13-5-3-2-4-6-13/h2-9H,11-12H2,1H3. The molecule has 0 saturated carbocycles. The molecule has 0 aliphatic carbocycles. The Hall–Kier alpha value is -2.32. The zero-order chi connectivity index (χ0) is 15.3. The minimum atomic E-state index is -3.27. The molecule has 0 bridgehead atoms. The van der Waals surface area contributed by atoms with Gasteiger partial charge in [0.2, 0.25) is 0 Å². The molecule has 4 nitrogen and oxygen atoms in total. The summed E-state index contributed by atoms with van der Waals surface area (Å²) in [6.07, 6.45) is 0. The monoisotopic (exact) mass is 301 g/mol. The molecule has 0 spiro atoms. The summed E-state index contributed by atoms with van der Waals surface area (Å²) in [5.41, 5.74) is 1.77. The first-order valence-electron chi connectivity index (χ1n) is 6.35. The van der Waals surface area contributed by atoms with Gasteiger partial charge in [0.15, 0.2) is 9.84 Å².